The summed E-state index contributed by atoms with van der Waals surface area (Å²) in [6, 6.07) is -0.0298. The Bertz CT molecular complexity index is 521. The summed E-state index contributed by atoms with van der Waals surface area (Å²) in [5, 5.41) is 3.12. The number of H-pyrrole nitrogens is 2. The highest BCUT2D eigenvalue weighted by atomic mass is 127. The van der Waals surface area contributed by atoms with Crippen molar-refractivity contribution >= 4 is 28.4 Å². The molecular weight excluding hydrogens is 321 g/mol. The molecule has 0 spiro atoms. The van der Waals surface area contributed by atoms with E-state index in [4.69, 9.17) is 0 Å². The molecule has 6 nitrogen and oxygen atoms in total. The SMILES string of the molecule is CC(Nc1nc[nH]c(=O)c1I)c1ncc[nH]1. The minimum Gasteiger partial charge on any atom is -0.359 e. The van der Waals surface area contributed by atoms with Crippen LogP contribution in [0.25, 0.3) is 0 Å². The van der Waals surface area contributed by atoms with Crippen molar-refractivity contribution in [2.24, 2.45) is 0 Å². The van der Waals surface area contributed by atoms with Gasteiger partial charge in [0.05, 0.1) is 12.4 Å². The van der Waals surface area contributed by atoms with E-state index in [2.05, 4.69) is 25.3 Å². The van der Waals surface area contributed by atoms with Crippen LogP contribution < -0.4 is 10.9 Å². The van der Waals surface area contributed by atoms with Crippen molar-refractivity contribution in [2.75, 3.05) is 5.32 Å². The third kappa shape index (κ3) is 2.23. The van der Waals surface area contributed by atoms with E-state index in [1.807, 2.05) is 29.5 Å². The summed E-state index contributed by atoms with van der Waals surface area (Å²) in [7, 11) is 0. The second kappa shape index (κ2) is 4.64. The number of halogens is 1. The molecule has 2 aromatic rings. The first kappa shape index (κ1) is 11.1. The molecule has 2 aromatic heterocycles. The lowest BCUT2D eigenvalue weighted by Gasteiger charge is -2.12. The van der Waals surface area contributed by atoms with Crippen LogP contribution >= 0.6 is 22.6 Å². The molecule has 0 saturated heterocycles. The van der Waals surface area contributed by atoms with Crippen molar-refractivity contribution in [1.82, 2.24) is 19.9 Å². The van der Waals surface area contributed by atoms with Gasteiger partial charge in [0.25, 0.3) is 5.56 Å². The molecule has 0 aromatic carbocycles. The van der Waals surface area contributed by atoms with E-state index in [9.17, 15) is 4.79 Å². The lowest BCUT2D eigenvalue weighted by Crippen LogP contribution is -2.17. The zero-order chi connectivity index (χ0) is 11.5. The van der Waals surface area contributed by atoms with Gasteiger partial charge in [0, 0.05) is 12.4 Å². The standard InChI is InChI=1S/C9H10IN5O/c1-5(7-11-2-3-12-7)15-8-6(10)9(16)14-4-13-8/h2-5H,1H3,(H,11,12)(H2,13,14,15,16). The first-order valence-corrected chi connectivity index (χ1v) is 5.75. The van der Waals surface area contributed by atoms with Crippen molar-refractivity contribution in [3.8, 4) is 0 Å². The van der Waals surface area contributed by atoms with Gasteiger partial charge in [0.15, 0.2) is 0 Å². The molecule has 0 saturated carbocycles. The molecular formula is C9H10IN5O. The van der Waals surface area contributed by atoms with E-state index >= 15 is 0 Å². The number of anilines is 1. The molecule has 2 heterocycles. The highest BCUT2D eigenvalue weighted by Crippen LogP contribution is 2.16. The zero-order valence-corrected chi connectivity index (χ0v) is 10.6. The van der Waals surface area contributed by atoms with Crippen molar-refractivity contribution in [2.45, 2.75) is 13.0 Å². The summed E-state index contributed by atoms with van der Waals surface area (Å²) < 4.78 is 0.540. The molecule has 0 aliphatic heterocycles. The van der Waals surface area contributed by atoms with Gasteiger partial charge < -0.3 is 15.3 Å². The van der Waals surface area contributed by atoms with Gasteiger partial charge in [-0.25, -0.2) is 9.97 Å². The Hall–Kier alpha value is -1.38. The van der Waals surface area contributed by atoms with E-state index in [0.717, 1.165) is 5.82 Å². The third-order valence-electron chi connectivity index (χ3n) is 2.08. The lowest BCUT2D eigenvalue weighted by atomic mass is 10.3. The van der Waals surface area contributed by atoms with Gasteiger partial charge in [-0.15, -0.1) is 0 Å². The first-order valence-electron chi connectivity index (χ1n) is 4.67. The molecule has 0 amide bonds. The second-order valence-electron chi connectivity index (χ2n) is 3.23. The van der Waals surface area contributed by atoms with Crippen molar-refractivity contribution in [3.05, 3.63) is 38.5 Å². The van der Waals surface area contributed by atoms with E-state index < -0.39 is 0 Å². The van der Waals surface area contributed by atoms with Crippen LogP contribution in [0.1, 0.15) is 18.8 Å². The highest BCUT2D eigenvalue weighted by Gasteiger charge is 2.11. The fourth-order valence-corrected chi connectivity index (χ4v) is 1.72. The smallest absolute Gasteiger partial charge is 0.266 e. The number of hydrogen-bond donors (Lipinski definition) is 3. The number of nitrogens with one attached hydrogen (secondary N) is 3. The Morgan fingerprint density at radius 2 is 2.25 bits per heavy atom. The molecule has 0 radical (unpaired) electrons. The summed E-state index contributed by atoms with van der Waals surface area (Å²) in [6.45, 7) is 1.94. The summed E-state index contributed by atoms with van der Waals surface area (Å²) in [5.74, 6) is 1.37. The predicted octanol–water partition coefficient (Wildman–Crippen LogP) is 1.27. The van der Waals surface area contributed by atoms with Crippen LogP contribution in [0.3, 0.4) is 0 Å². The predicted molar refractivity (Wildman–Crippen MR) is 68.2 cm³/mol. The molecule has 0 fully saturated rings. The minimum absolute atomic E-state index is 0.0298. The Morgan fingerprint density at radius 1 is 1.44 bits per heavy atom. The van der Waals surface area contributed by atoms with Crippen molar-refractivity contribution < 1.29 is 0 Å². The van der Waals surface area contributed by atoms with E-state index in [1.54, 1.807) is 12.4 Å². The molecule has 0 aliphatic carbocycles. The van der Waals surface area contributed by atoms with Gasteiger partial charge >= 0.3 is 0 Å². The maximum atomic E-state index is 11.3. The zero-order valence-electron chi connectivity index (χ0n) is 8.49. The third-order valence-corrected chi connectivity index (χ3v) is 3.08. The largest absolute Gasteiger partial charge is 0.359 e. The van der Waals surface area contributed by atoms with Gasteiger partial charge in [-0.3, -0.25) is 4.79 Å². The molecule has 3 N–H and O–H groups in total. The highest BCUT2D eigenvalue weighted by molar-refractivity contribution is 14.1. The van der Waals surface area contributed by atoms with E-state index in [0.29, 0.717) is 9.39 Å². The second-order valence-corrected chi connectivity index (χ2v) is 4.31. The minimum atomic E-state index is -0.148. The molecule has 7 heteroatoms. The topological polar surface area (TPSA) is 86.5 Å². The van der Waals surface area contributed by atoms with Crippen LogP contribution in [0.4, 0.5) is 5.82 Å². The normalized spacial score (nSPS) is 12.4. The van der Waals surface area contributed by atoms with Gasteiger partial charge in [-0.1, -0.05) is 0 Å². The Balaban J connectivity index is 2.21. The van der Waals surface area contributed by atoms with Crippen LogP contribution in [0.2, 0.25) is 0 Å². The van der Waals surface area contributed by atoms with Gasteiger partial charge in [0.1, 0.15) is 15.2 Å². The van der Waals surface area contributed by atoms with Crippen LogP contribution in [0, 0.1) is 3.57 Å². The van der Waals surface area contributed by atoms with Crippen molar-refractivity contribution in [3.63, 3.8) is 0 Å². The van der Waals surface area contributed by atoms with Crippen LogP contribution in [-0.4, -0.2) is 19.9 Å². The first-order chi connectivity index (χ1) is 7.68. The van der Waals surface area contributed by atoms with Crippen molar-refractivity contribution in [1.29, 1.82) is 0 Å². The lowest BCUT2D eigenvalue weighted by molar-refractivity contribution is 0.800. The van der Waals surface area contributed by atoms with Crippen LogP contribution in [0.5, 0.6) is 0 Å². The number of rotatable bonds is 3. The number of imidazole rings is 1. The number of nitrogens with zero attached hydrogens (tertiary/aromatic N) is 2. The Labute approximate surface area is 105 Å². The van der Waals surface area contributed by atoms with Crippen LogP contribution in [0.15, 0.2) is 23.5 Å². The molecule has 1 unspecified atom stereocenters. The monoisotopic (exact) mass is 331 g/mol. The maximum absolute atomic E-state index is 11.3. The van der Waals surface area contributed by atoms with E-state index in [1.165, 1.54) is 6.33 Å². The molecule has 1 atom stereocenters. The Morgan fingerprint density at radius 3 is 2.94 bits per heavy atom. The molecule has 16 heavy (non-hydrogen) atoms. The van der Waals surface area contributed by atoms with Gasteiger partial charge in [-0.2, -0.15) is 0 Å². The summed E-state index contributed by atoms with van der Waals surface area (Å²) in [4.78, 5) is 25.1. The number of aromatic nitrogens is 4. The number of aromatic amines is 2. The summed E-state index contributed by atoms with van der Waals surface area (Å²) in [5.41, 5.74) is -0.148. The average molecular weight is 331 g/mol. The summed E-state index contributed by atoms with van der Waals surface area (Å²) in [6.07, 6.45) is 4.81. The molecule has 84 valence electrons. The van der Waals surface area contributed by atoms with Crippen LogP contribution in [-0.2, 0) is 0 Å². The van der Waals surface area contributed by atoms with Gasteiger partial charge in [0.2, 0.25) is 0 Å². The fraction of sp³-hybridized carbons (Fsp3) is 0.222. The van der Waals surface area contributed by atoms with E-state index in [-0.39, 0.29) is 11.6 Å². The molecule has 0 bridgehead atoms. The fourth-order valence-electron chi connectivity index (χ4n) is 1.27. The van der Waals surface area contributed by atoms with Gasteiger partial charge in [-0.05, 0) is 29.5 Å². The average Bonchev–Trinajstić information content (AvgIpc) is 2.78. The maximum Gasteiger partial charge on any atom is 0.266 e. The number of hydrogen-bond acceptors (Lipinski definition) is 4. The molecule has 0 aliphatic rings. The summed E-state index contributed by atoms with van der Waals surface area (Å²) >= 11 is 1.96. The Kier molecular flexibility index (Phi) is 3.22. The molecule has 2 rings (SSSR count). The quantitative estimate of drug-likeness (QED) is 0.740.